The van der Waals surface area contributed by atoms with Crippen molar-refractivity contribution in [1.29, 1.82) is 0 Å². The van der Waals surface area contributed by atoms with E-state index in [2.05, 4.69) is 0 Å². The lowest BCUT2D eigenvalue weighted by Gasteiger charge is -2.30. The molecular formula is C17H17NO2. The molecule has 0 saturated carbocycles. The van der Waals surface area contributed by atoms with Crippen LogP contribution in [0.15, 0.2) is 54.6 Å². The molecule has 3 rings (SSSR count). The molecule has 1 aliphatic heterocycles. The smallest absolute Gasteiger partial charge is 0.253 e. The number of rotatable bonds is 4. The zero-order chi connectivity index (χ0) is 13.8. The Kier molecular flexibility index (Phi) is 3.68. The first kappa shape index (κ1) is 12.7. The normalized spacial score (nSPS) is 13.7. The highest BCUT2D eigenvalue weighted by molar-refractivity contribution is 5.94. The summed E-state index contributed by atoms with van der Waals surface area (Å²) in [4.78, 5) is 13.9. The van der Waals surface area contributed by atoms with Gasteiger partial charge in [0.1, 0.15) is 12.4 Å². The summed E-state index contributed by atoms with van der Waals surface area (Å²) >= 11 is 0. The predicted molar refractivity (Wildman–Crippen MR) is 77.7 cm³/mol. The number of amides is 1. The molecule has 0 atom stereocenters. The second-order valence-corrected chi connectivity index (χ2v) is 4.94. The van der Waals surface area contributed by atoms with Crippen LogP contribution in [0, 0.1) is 0 Å². The van der Waals surface area contributed by atoms with Crippen LogP contribution in [0.25, 0.3) is 0 Å². The number of carbonyl (C=O) groups excluding carboxylic acids is 1. The minimum Gasteiger partial charge on any atom is -0.489 e. The van der Waals surface area contributed by atoms with Crippen LogP contribution in [0.5, 0.6) is 5.75 Å². The average Bonchev–Trinajstić information content (AvgIpc) is 2.45. The van der Waals surface area contributed by atoms with Gasteiger partial charge in [-0.3, -0.25) is 4.79 Å². The summed E-state index contributed by atoms with van der Waals surface area (Å²) < 4.78 is 5.68. The van der Waals surface area contributed by atoms with Crippen molar-refractivity contribution in [2.45, 2.75) is 13.0 Å². The number of ether oxygens (including phenoxy) is 1. The monoisotopic (exact) mass is 267 g/mol. The van der Waals surface area contributed by atoms with Crippen LogP contribution < -0.4 is 4.74 Å². The van der Waals surface area contributed by atoms with E-state index in [9.17, 15) is 4.79 Å². The van der Waals surface area contributed by atoms with E-state index in [1.807, 2.05) is 59.5 Å². The largest absolute Gasteiger partial charge is 0.489 e. The Morgan fingerprint density at radius 3 is 2.30 bits per heavy atom. The SMILES string of the molecule is O=C(c1ccc(COc2ccccc2)cc1)N1CCC1. The number of hydrogen-bond donors (Lipinski definition) is 0. The van der Waals surface area contributed by atoms with Crippen molar-refractivity contribution in [1.82, 2.24) is 4.90 Å². The number of likely N-dealkylation sites (tertiary alicyclic amines) is 1. The predicted octanol–water partition coefficient (Wildman–Crippen LogP) is 3.11. The van der Waals surface area contributed by atoms with Gasteiger partial charge < -0.3 is 9.64 Å². The summed E-state index contributed by atoms with van der Waals surface area (Å²) in [6.45, 7) is 2.29. The highest BCUT2D eigenvalue weighted by atomic mass is 16.5. The van der Waals surface area contributed by atoms with Gasteiger partial charge in [0.2, 0.25) is 0 Å². The van der Waals surface area contributed by atoms with Gasteiger partial charge >= 0.3 is 0 Å². The molecular weight excluding hydrogens is 250 g/mol. The molecule has 1 heterocycles. The molecule has 0 aromatic heterocycles. The molecule has 1 fully saturated rings. The second-order valence-electron chi connectivity index (χ2n) is 4.94. The lowest BCUT2D eigenvalue weighted by Crippen LogP contribution is -2.41. The zero-order valence-electron chi connectivity index (χ0n) is 11.3. The van der Waals surface area contributed by atoms with Gasteiger partial charge in [-0.05, 0) is 36.2 Å². The van der Waals surface area contributed by atoms with E-state index in [4.69, 9.17) is 4.74 Å². The van der Waals surface area contributed by atoms with E-state index in [1.54, 1.807) is 0 Å². The Labute approximate surface area is 118 Å². The van der Waals surface area contributed by atoms with E-state index >= 15 is 0 Å². The Bertz CT molecular complexity index is 574. The fraction of sp³-hybridized carbons (Fsp3) is 0.235. The fourth-order valence-corrected chi connectivity index (χ4v) is 2.13. The second kappa shape index (κ2) is 5.78. The lowest BCUT2D eigenvalue weighted by atomic mass is 10.1. The van der Waals surface area contributed by atoms with Gasteiger partial charge in [0.15, 0.2) is 0 Å². The molecule has 0 unspecified atom stereocenters. The summed E-state index contributed by atoms with van der Waals surface area (Å²) in [5.41, 5.74) is 1.82. The van der Waals surface area contributed by atoms with Crippen molar-refractivity contribution in [3.05, 3.63) is 65.7 Å². The molecule has 102 valence electrons. The fourth-order valence-electron chi connectivity index (χ4n) is 2.13. The van der Waals surface area contributed by atoms with Gasteiger partial charge in [0.05, 0.1) is 0 Å². The van der Waals surface area contributed by atoms with Crippen LogP contribution in [0.3, 0.4) is 0 Å². The third-order valence-corrected chi connectivity index (χ3v) is 3.49. The summed E-state index contributed by atoms with van der Waals surface area (Å²) in [6, 6.07) is 17.4. The molecule has 0 spiro atoms. The lowest BCUT2D eigenvalue weighted by molar-refractivity contribution is 0.0652. The van der Waals surface area contributed by atoms with Gasteiger partial charge in [0, 0.05) is 18.7 Å². The van der Waals surface area contributed by atoms with Gasteiger partial charge in [-0.1, -0.05) is 30.3 Å². The molecule has 0 bridgehead atoms. The summed E-state index contributed by atoms with van der Waals surface area (Å²) in [6.07, 6.45) is 1.12. The van der Waals surface area contributed by atoms with Crippen LogP contribution >= 0.6 is 0 Å². The number of benzene rings is 2. The molecule has 0 N–H and O–H groups in total. The van der Waals surface area contributed by atoms with Gasteiger partial charge in [-0.25, -0.2) is 0 Å². The molecule has 2 aromatic carbocycles. The molecule has 2 aromatic rings. The van der Waals surface area contributed by atoms with Crippen molar-refractivity contribution < 1.29 is 9.53 Å². The standard InChI is InChI=1S/C17H17NO2/c19-17(18-11-4-12-18)15-9-7-14(8-10-15)13-20-16-5-2-1-3-6-16/h1-3,5-10H,4,11-13H2. The van der Waals surface area contributed by atoms with Crippen molar-refractivity contribution in [2.24, 2.45) is 0 Å². The maximum atomic E-state index is 12.0. The third-order valence-electron chi connectivity index (χ3n) is 3.49. The minimum atomic E-state index is 0.131. The molecule has 0 radical (unpaired) electrons. The molecule has 3 heteroatoms. The number of para-hydroxylation sites is 1. The Hall–Kier alpha value is -2.29. The molecule has 3 nitrogen and oxygen atoms in total. The first-order valence-electron chi connectivity index (χ1n) is 6.89. The van der Waals surface area contributed by atoms with Crippen LogP contribution in [0.1, 0.15) is 22.3 Å². The van der Waals surface area contributed by atoms with E-state index in [-0.39, 0.29) is 5.91 Å². The number of hydrogen-bond acceptors (Lipinski definition) is 2. The molecule has 0 aliphatic carbocycles. The van der Waals surface area contributed by atoms with Crippen molar-refractivity contribution in [3.63, 3.8) is 0 Å². The van der Waals surface area contributed by atoms with Crippen molar-refractivity contribution in [3.8, 4) is 5.75 Å². The van der Waals surface area contributed by atoms with E-state index in [1.165, 1.54) is 0 Å². The number of carbonyl (C=O) groups is 1. The highest BCUT2D eigenvalue weighted by Crippen LogP contribution is 2.15. The molecule has 20 heavy (non-hydrogen) atoms. The van der Waals surface area contributed by atoms with Crippen molar-refractivity contribution in [2.75, 3.05) is 13.1 Å². The van der Waals surface area contributed by atoms with Crippen LogP contribution in [-0.2, 0) is 6.61 Å². The minimum absolute atomic E-state index is 0.131. The topological polar surface area (TPSA) is 29.5 Å². The Morgan fingerprint density at radius 1 is 1.00 bits per heavy atom. The molecule has 1 aliphatic rings. The average molecular weight is 267 g/mol. The van der Waals surface area contributed by atoms with Gasteiger partial charge in [0.25, 0.3) is 5.91 Å². The Balaban J connectivity index is 1.60. The van der Waals surface area contributed by atoms with E-state index in [0.29, 0.717) is 6.61 Å². The maximum absolute atomic E-state index is 12.0. The van der Waals surface area contributed by atoms with Crippen LogP contribution in [0.2, 0.25) is 0 Å². The molecule has 1 amide bonds. The van der Waals surface area contributed by atoms with Gasteiger partial charge in [-0.2, -0.15) is 0 Å². The van der Waals surface area contributed by atoms with E-state index in [0.717, 1.165) is 36.4 Å². The summed E-state index contributed by atoms with van der Waals surface area (Å²) in [5.74, 6) is 0.986. The first-order valence-corrected chi connectivity index (χ1v) is 6.89. The van der Waals surface area contributed by atoms with Gasteiger partial charge in [-0.15, -0.1) is 0 Å². The third kappa shape index (κ3) is 2.82. The molecule has 1 saturated heterocycles. The van der Waals surface area contributed by atoms with E-state index < -0.39 is 0 Å². The Morgan fingerprint density at radius 2 is 1.70 bits per heavy atom. The maximum Gasteiger partial charge on any atom is 0.253 e. The van der Waals surface area contributed by atoms with Crippen LogP contribution in [-0.4, -0.2) is 23.9 Å². The van der Waals surface area contributed by atoms with Crippen molar-refractivity contribution >= 4 is 5.91 Å². The first-order chi connectivity index (χ1) is 9.83. The van der Waals surface area contributed by atoms with Crippen LogP contribution in [0.4, 0.5) is 0 Å². The quantitative estimate of drug-likeness (QED) is 0.852. The zero-order valence-corrected chi connectivity index (χ0v) is 11.3. The number of nitrogens with zero attached hydrogens (tertiary/aromatic N) is 1. The highest BCUT2D eigenvalue weighted by Gasteiger charge is 2.21. The summed E-state index contributed by atoms with van der Waals surface area (Å²) in [7, 11) is 0. The summed E-state index contributed by atoms with van der Waals surface area (Å²) in [5, 5.41) is 0.